The Kier molecular flexibility index (Phi) is 3.66. The first-order valence-electron chi connectivity index (χ1n) is 7.14. The number of fused-ring (bicyclic) bond motifs is 1. The maximum atomic E-state index is 12.6. The van der Waals surface area contributed by atoms with E-state index in [1.165, 1.54) is 16.7 Å². The molecule has 0 spiro atoms. The average molecular weight is 265 g/mol. The van der Waals surface area contributed by atoms with Crippen LogP contribution in [-0.2, 0) is 19.4 Å². The van der Waals surface area contributed by atoms with Gasteiger partial charge in [-0.15, -0.1) is 0 Å². The molecule has 1 aliphatic rings. The minimum atomic E-state index is 0.231. The van der Waals surface area contributed by atoms with Gasteiger partial charge in [0.1, 0.15) is 0 Å². The number of hydrogen-bond donors (Lipinski definition) is 1. The standard InChI is InChI=1S/C18H19NO/c1-13-4-2-5-14(10-13)11-18(20)17-7-3-6-15-12-19-9-8-16(15)17/h2-7,10,19H,8-9,11-12H2,1H3. The van der Waals surface area contributed by atoms with Gasteiger partial charge < -0.3 is 5.32 Å². The Bertz CT molecular complexity index is 646. The van der Waals surface area contributed by atoms with Crippen LogP contribution in [-0.4, -0.2) is 12.3 Å². The molecule has 0 aliphatic carbocycles. The highest BCUT2D eigenvalue weighted by Crippen LogP contribution is 2.20. The lowest BCUT2D eigenvalue weighted by molar-refractivity contribution is 0.0992. The summed E-state index contributed by atoms with van der Waals surface area (Å²) in [5.41, 5.74) is 5.72. The SMILES string of the molecule is Cc1cccc(CC(=O)c2cccc3c2CCNC3)c1. The minimum absolute atomic E-state index is 0.231. The predicted octanol–water partition coefficient (Wildman–Crippen LogP) is 3.07. The predicted molar refractivity (Wildman–Crippen MR) is 81.1 cm³/mol. The third-order valence-corrected chi connectivity index (χ3v) is 3.89. The zero-order valence-electron chi connectivity index (χ0n) is 11.8. The molecule has 2 aromatic carbocycles. The van der Waals surface area contributed by atoms with Crippen molar-refractivity contribution in [2.45, 2.75) is 26.3 Å². The van der Waals surface area contributed by atoms with E-state index in [4.69, 9.17) is 0 Å². The van der Waals surface area contributed by atoms with Crippen molar-refractivity contribution in [1.29, 1.82) is 0 Å². The van der Waals surface area contributed by atoms with Crippen LogP contribution in [0.25, 0.3) is 0 Å². The molecule has 102 valence electrons. The topological polar surface area (TPSA) is 29.1 Å². The molecule has 3 rings (SSSR count). The third kappa shape index (κ3) is 2.66. The average Bonchev–Trinajstić information content (AvgIpc) is 2.46. The molecule has 0 saturated heterocycles. The van der Waals surface area contributed by atoms with E-state index in [9.17, 15) is 4.79 Å². The molecule has 0 aromatic heterocycles. The monoisotopic (exact) mass is 265 g/mol. The summed E-state index contributed by atoms with van der Waals surface area (Å²) in [5, 5.41) is 3.35. The molecule has 0 bridgehead atoms. The Labute approximate surface area is 119 Å². The number of benzene rings is 2. The second kappa shape index (κ2) is 5.59. The van der Waals surface area contributed by atoms with Crippen LogP contribution in [0.3, 0.4) is 0 Å². The molecule has 0 amide bonds. The number of rotatable bonds is 3. The molecule has 0 saturated carbocycles. The van der Waals surface area contributed by atoms with E-state index >= 15 is 0 Å². The van der Waals surface area contributed by atoms with E-state index in [-0.39, 0.29) is 5.78 Å². The highest BCUT2D eigenvalue weighted by Gasteiger charge is 2.17. The van der Waals surface area contributed by atoms with Gasteiger partial charge in [0.25, 0.3) is 0 Å². The molecule has 2 aromatic rings. The van der Waals surface area contributed by atoms with Gasteiger partial charge in [0.15, 0.2) is 5.78 Å². The number of ketones is 1. The van der Waals surface area contributed by atoms with Crippen LogP contribution in [0.4, 0.5) is 0 Å². The molecular weight excluding hydrogens is 246 g/mol. The molecule has 0 atom stereocenters. The number of nitrogens with one attached hydrogen (secondary N) is 1. The number of hydrogen-bond acceptors (Lipinski definition) is 2. The number of carbonyl (C=O) groups excluding carboxylic acids is 1. The summed E-state index contributed by atoms with van der Waals surface area (Å²) < 4.78 is 0. The van der Waals surface area contributed by atoms with E-state index < -0.39 is 0 Å². The normalized spacial score (nSPS) is 13.8. The molecule has 0 unspecified atom stereocenters. The van der Waals surface area contributed by atoms with E-state index in [2.05, 4.69) is 30.4 Å². The summed E-state index contributed by atoms with van der Waals surface area (Å²) in [5.74, 6) is 0.231. The van der Waals surface area contributed by atoms with E-state index in [0.717, 1.165) is 30.6 Å². The fourth-order valence-electron chi connectivity index (χ4n) is 2.90. The summed E-state index contributed by atoms with van der Waals surface area (Å²) in [6, 6.07) is 14.3. The highest BCUT2D eigenvalue weighted by molar-refractivity contribution is 5.99. The Balaban J connectivity index is 1.88. The van der Waals surface area contributed by atoms with Crippen molar-refractivity contribution in [3.63, 3.8) is 0 Å². The molecule has 0 fully saturated rings. The van der Waals surface area contributed by atoms with Crippen molar-refractivity contribution in [3.05, 3.63) is 70.3 Å². The molecule has 2 heteroatoms. The zero-order chi connectivity index (χ0) is 13.9. The number of aryl methyl sites for hydroxylation is 1. The lowest BCUT2D eigenvalue weighted by atomic mass is 9.91. The van der Waals surface area contributed by atoms with Gasteiger partial charge in [0.2, 0.25) is 0 Å². The Morgan fingerprint density at radius 1 is 1.20 bits per heavy atom. The van der Waals surface area contributed by atoms with Crippen LogP contribution in [0.1, 0.15) is 32.6 Å². The Morgan fingerprint density at radius 3 is 2.90 bits per heavy atom. The van der Waals surface area contributed by atoms with Gasteiger partial charge >= 0.3 is 0 Å². The summed E-state index contributed by atoms with van der Waals surface area (Å²) in [4.78, 5) is 12.6. The maximum Gasteiger partial charge on any atom is 0.167 e. The van der Waals surface area contributed by atoms with Gasteiger partial charge in [-0.25, -0.2) is 0 Å². The largest absolute Gasteiger partial charge is 0.312 e. The maximum absolute atomic E-state index is 12.6. The second-order valence-corrected chi connectivity index (χ2v) is 5.46. The molecule has 1 heterocycles. The van der Waals surface area contributed by atoms with Crippen LogP contribution >= 0.6 is 0 Å². The van der Waals surface area contributed by atoms with E-state index in [0.29, 0.717) is 6.42 Å². The lowest BCUT2D eigenvalue weighted by Gasteiger charge is -2.19. The van der Waals surface area contributed by atoms with Gasteiger partial charge in [0, 0.05) is 18.5 Å². The zero-order valence-corrected chi connectivity index (χ0v) is 11.8. The van der Waals surface area contributed by atoms with Crippen LogP contribution in [0.15, 0.2) is 42.5 Å². The van der Waals surface area contributed by atoms with Crippen LogP contribution in [0, 0.1) is 6.92 Å². The quantitative estimate of drug-likeness (QED) is 0.864. The summed E-state index contributed by atoms with van der Waals surface area (Å²) in [7, 11) is 0. The lowest BCUT2D eigenvalue weighted by Crippen LogP contribution is -2.25. The minimum Gasteiger partial charge on any atom is -0.312 e. The molecule has 20 heavy (non-hydrogen) atoms. The van der Waals surface area contributed by atoms with Gasteiger partial charge in [-0.1, -0.05) is 48.0 Å². The van der Waals surface area contributed by atoms with Crippen molar-refractivity contribution >= 4 is 5.78 Å². The van der Waals surface area contributed by atoms with Gasteiger partial charge in [-0.05, 0) is 36.6 Å². The van der Waals surface area contributed by atoms with E-state index in [1.807, 2.05) is 24.3 Å². The number of carbonyl (C=O) groups is 1. The van der Waals surface area contributed by atoms with E-state index in [1.54, 1.807) is 0 Å². The first kappa shape index (κ1) is 13.1. The fraction of sp³-hybridized carbons (Fsp3) is 0.278. The highest BCUT2D eigenvalue weighted by atomic mass is 16.1. The van der Waals surface area contributed by atoms with Crippen molar-refractivity contribution < 1.29 is 4.79 Å². The number of Topliss-reactive ketones (excluding diaryl/α,β-unsaturated/α-hetero) is 1. The molecule has 0 radical (unpaired) electrons. The fourth-order valence-corrected chi connectivity index (χ4v) is 2.90. The van der Waals surface area contributed by atoms with Crippen LogP contribution in [0.5, 0.6) is 0 Å². The van der Waals surface area contributed by atoms with Crippen molar-refractivity contribution in [3.8, 4) is 0 Å². The summed E-state index contributed by atoms with van der Waals surface area (Å²) >= 11 is 0. The third-order valence-electron chi connectivity index (χ3n) is 3.89. The summed E-state index contributed by atoms with van der Waals surface area (Å²) in [6.45, 7) is 3.90. The Morgan fingerprint density at radius 2 is 2.05 bits per heavy atom. The molecule has 1 aliphatic heterocycles. The van der Waals surface area contributed by atoms with Gasteiger partial charge in [-0.2, -0.15) is 0 Å². The second-order valence-electron chi connectivity index (χ2n) is 5.46. The smallest absolute Gasteiger partial charge is 0.167 e. The van der Waals surface area contributed by atoms with Crippen molar-refractivity contribution in [2.24, 2.45) is 0 Å². The molecular formula is C18H19NO. The van der Waals surface area contributed by atoms with Gasteiger partial charge in [-0.3, -0.25) is 4.79 Å². The van der Waals surface area contributed by atoms with Crippen LogP contribution < -0.4 is 5.32 Å². The first-order valence-corrected chi connectivity index (χ1v) is 7.14. The Hall–Kier alpha value is -1.93. The van der Waals surface area contributed by atoms with Crippen molar-refractivity contribution in [1.82, 2.24) is 5.32 Å². The molecule has 1 N–H and O–H groups in total. The van der Waals surface area contributed by atoms with Crippen LogP contribution in [0.2, 0.25) is 0 Å². The van der Waals surface area contributed by atoms with Crippen molar-refractivity contribution in [2.75, 3.05) is 6.54 Å². The molecule has 2 nitrogen and oxygen atoms in total. The van der Waals surface area contributed by atoms with Gasteiger partial charge in [0.05, 0.1) is 0 Å². The first-order chi connectivity index (χ1) is 9.74. The summed E-state index contributed by atoms with van der Waals surface area (Å²) in [6.07, 6.45) is 1.44.